The Morgan fingerprint density at radius 2 is 1.40 bits per heavy atom. The molecule has 0 radical (unpaired) electrons. The topological polar surface area (TPSA) is 101 Å². The van der Waals surface area contributed by atoms with Crippen molar-refractivity contribution >= 4 is 11.9 Å². The zero-order valence-electron chi connectivity index (χ0n) is 22.9. The standard InChI is InChI=1S/C30H32FN3O6/c1-19-25(29(35)39-16-14-37-3)27(26(20(2)32-19)30(36)40-17-15-38-4)24-18-34(23-8-6-5-7-9-23)33-28(24)21-10-12-22(31)13-11-21/h5-13,18,27,32H,14-17H2,1-4H3. The number of allylic oxidation sites excluding steroid dienone is 2. The average molecular weight is 550 g/mol. The first-order chi connectivity index (χ1) is 19.3. The number of dihydropyridines is 1. The van der Waals surface area contributed by atoms with Gasteiger partial charge in [-0.1, -0.05) is 18.2 Å². The minimum Gasteiger partial charge on any atom is -0.460 e. The highest BCUT2D eigenvalue weighted by atomic mass is 19.1. The third kappa shape index (κ3) is 6.30. The first-order valence-electron chi connectivity index (χ1n) is 12.8. The van der Waals surface area contributed by atoms with Crippen molar-refractivity contribution in [1.29, 1.82) is 0 Å². The van der Waals surface area contributed by atoms with Crippen LogP contribution in [0.15, 0.2) is 83.3 Å². The quantitative estimate of drug-likeness (QED) is 0.279. The van der Waals surface area contributed by atoms with Gasteiger partial charge in [-0.15, -0.1) is 0 Å². The number of para-hydroxylation sites is 1. The van der Waals surface area contributed by atoms with E-state index in [2.05, 4.69) is 5.32 Å². The van der Waals surface area contributed by atoms with Gasteiger partial charge < -0.3 is 24.3 Å². The molecule has 1 aromatic heterocycles. The van der Waals surface area contributed by atoms with Crippen molar-refractivity contribution < 1.29 is 32.9 Å². The smallest absolute Gasteiger partial charge is 0.336 e. The lowest BCUT2D eigenvalue weighted by molar-refractivity contribution is -0.141. The van der Waals surface area contributed by atoms with E-state index in [1.54, 1.807) is 36.9 Å². The molecule has 0 fully saturated rings. The Kier molecular flexibility index (Phi) is 9.47. The summed E-state index contributed by atoms with van der Waals surface area (Å²) in [7, 11) is 3.02. The molecule has 0 aliphatic carbocycles. The van der Waals surface area contributed by atoms with Crippen molar-refractivity contribution in [2.75, 3.05) is 40.6 Å². The van der Waals surface area contributed by atoms with Gasteiger partial charge in [-0.25, -0.2) is 18.7 Å². The lowest BCUT2D eigenvalue weighted by Crippen LogP contribution is -2.33. The first-order valence-corrected chi connectivity index (χ1v) is 12.8. The summed E-state index contributed by atoms with van der Waals surface area (Å²) in [6.45, 7) is 3.98. The zero-order valence-corrected chi connectivity index (χ0v) is 22.9. The molecule has 0 saturated heterocycles. The van der Waals surface area contributed by atoms with Crippen LogP contribution in [-0.4, -0.2) is 62.4 Å². The van der Waals surface area contributed by atoms with Gasteiger partial charge in [0, 0.05) is 42.9 Å². The lowest BCUT2D eigenvalue weighted by Gasteiger charge is -2.30. The van der Waals surface area contributed by atoms with Crippen LogP contribution in [0.25, 0.3) is 16.9 Å². The largest absolute Gasteiger partial charge is 0.460 e. The number of hydrogen-bond donors (Lipinski definition) is 1. The predicted octanol–water partition coefficient (Wildman–Crippen LogP) is 4.29. The summed E-state index contributed by atoms with van der Waals surface area (Å²) in [5, 5.41) is 7.97. The monoisotopic (exact) mass is 549 g/mol. The molecule has 40 heavy (non-hydrogen) atoms. The molecule has 1 N–H and O–H groups in total. The zero-order chi connectivity index (χ0) is 28.6. The van der Waals surface area contributed by atoms with Crippen LogP contribution in [0.4, 0.5) is 4.39 Å². The Balaban J connectivity index is 1.92. The van der Waals surface area contributed by atoms with E-state index in [4.69, 9.17) is 24.0 Å². The van der Waals surface area contributed by atoms with Crippen LogP contribution in [0.1, 0.15) is 25.3 Å². The SMILES string of the molecule is COCCOC(=O)C1=C(C)NC(C)=C(C(=O)OCCOC)C1c1cn(-c2ccccc2)nc1-c1ccc(F)cc1. The second-order valence-corrected chi connectivity index (χ2v) is 9.11. The van der Waals surface area contributed by atoms with Gasteiger partial charge in [0.1, 0.15) is 19.0 Å². The minimum atomic E-state index is -0.899. The average Bonchev–Trinajstić information content (AvgIpc) is 3.39. The maximum atomic E-state index is 13.9. The number of aromatic nitrogens is 2. The predicted molar refractivity (Wildman–Crippen MR) is 146 cm³/mol. The van der Waals surface area contributed by atoms with Crippen LogP contribution in [0, 0.1) is 5.82 Å². The van der Waals surface area contributed by atoms with Crippen LogP contribution in [0.3, 0.4) is 0 Å². The molecular formula is C30H32FN3O6. The van der Waals surface area contributed by atoms with E-state index in [-0.39, 0.29) is 37.6 Å². The molecule has 0 bridgehead atoms. The molecule has 2 heterocycles. The molecule has 3 aromatic rings. The molecule has 0 unspecified atom stereocenters. The van der Waals surface area contributed by atoms with Crippen LogP contribution >= 0.6 is 0 Å². The Bertz CT molecular complexity index is 1370. The number of ether oxygens (including phenoxy) is 4. The highest BCUT2D eigenvalue weighted by molar-refractivity contribution is 6.00. The third-order valence-electron chi connectivity index (χ3n) is 6.43. The van der Waals surface area contributed by atoms with Crippen molar-refractivity contribution in [2.24, 2.45) is 0 Å². The van der Waals surface area contributed by atoms with Crippen LogP contribution in [0.2, 0.25) is 0 Å². The number of halogens is 1. The fraction of sp³-hybridized carbons (Fsp3) is 0.300. The molecule has 1 aliphatic rings. The molecule has 1 aliphatic heterocycles. The maximum absolute atomic E-state index is 13.9. The van der Waals surface area contributed by atoms with Gasteiger partial charge in [0.05, 0.1) is 41.7 Å². The highest BCUT2D eigenvalue weighted by Gasteiger charge is 2.40. The van der Waals surface area contributed by atoms with Gasteiger partial charge in [-0.05, 0) is 50.2 Å². The number of carbonyl (C=O) groups excluding carboxylic acids is 2. The molecule has 210 valence electrons. The van der Waals surface area contributed by atoms with Gasteiger partial charge in [-0.3, -0.25) is 0 Å². The minimum absolute atomic E-state index is 0.0310. The van der Waals surface area contributed by atoms with Gasteiger partial charge in [0.15, 0.2) is 0 Å². The van der Waals surface area contributed by atoms with Gasteiger partial charge in [-0.2, -0.15) is 5.10 Å². The van der Waals surface area contributed by atoms with E-state index in [0.717, 1.165) is 5.69 Å². The second-order valence-electron chi connectivity index (χ2n) is 9.11. The van der Waals surface area contributed by atoms with E-state index < -0.39 is 23.7 Å². The number of nitrogens with zero attached hydrogens (tertiary/aromatic N) is 2. The van der Waals surface area contributed by atoms with E-state index in [1.165, 1.54) is 26.4 Å². The number of hydrogen-bond acceptors (Lipinski definition) is 8. The normalized spacial score (nSPS) is 13.8. The molecule has 4 rings (SSSR count). The van der Waals surface area contributed by atoms with Crippen molar-refractivity contribution in [3.05, 3.63) is 94.7 Å². The van der Waals surface area contributed by atoms with Gasteiger partial charge in [0.2, 0.25) is 0 Å². The summed E-state index contributed by atoms with van der Waals surface area (Å²) >= 11 is 0. The molecule has 0 amide bonds. The van der Waals surface area contributed by atoms with Crippen LogP contribution in [-0.2, 0) is 28.5 Å². The Morgan fingerprint density at radius 3 is 1.93 bits per heavy atom. The molecular weight excluding hydrogens is 517 g/mol. The molecule has 2 aromatic carbocycles. The van der Waals surface area contributed by atoms with E-state index in [0.29, 0.717) is 28.2 Å². The maximum Gasteiger partial charge on any atom is 0.336 e. The fourth-order valence-electron chi connectivity index (χ4n) is 4.58. The number of rotatable bonds is 11. The summed E-state index contributed by atoms with van der Waals surface area (Å²) in [6.07, 6.45) is 1.77. The van der Waals surface area contributed by atoms with Crippen LogP contribution < -0.4 is 5.32 Å². The lowest BCUT2D eigenvalue weighted by atomic mass is 9.79. The Morgan fingerprint density at radius 1 is 0.850 bits per heavy atom. The van der Waals surface area contributed by atoms with Gasteiger partial charge in [0.25, 0.3) is 0 Å². The second kappa shape index (κ2) is 13.2. The summed E-state index contributed by atoms with van der Waals surface area (Å²) in [5.74, 6) is -2.52. The summed E-state index contributed by atoms with van der Waals surface area (Å²) in [4.78, 5) is 27.0. The molecule has 10 heteroatoms. The van der Waals surface area contributed by atoms with E-state index in [1.807, 2.05) is 30.3 Å². The Hall–Kier alpha value is -4.28. The molecule has 0 spiro atoms. The number of methoxy groups -OCH3 is 2. The number of benzene rings is 2. The van der Waals surface area contributed by atoms with E-state index in [9.17, 15) is 14.0 Å². The Labute approximate surface area is 232 Å². The van der Waals surface area contributed by atoms with Crippen molar-refractivity contribution in [3.8, 4) is 16.9 Å². The van der Waals surface area contributed by atoms with Crippen molar-refractivity contribution in [1.82, 2.24) is 15.1 Å². The first kappa shape index (κ1) is 28.7. The van der Waals surface area contributed by atoms with E-state index >= 15 is 0 Å². The van der Waals surface area contributed by atoms with Crippen molar-refractivity contribution in [3.63, 3.8) is 0 Å². The molecule has 0 atom stereocenters. The van der Waals surface area contributed by atoms with Gasteiger partial charge >= 0.3 is 11.9 Å². The van der Waals surface area contributed by atoms with Crippen LogP contribution in [0.5, 0.6) is 0 Å². The third-order valence-corrected chi connectivity index (χ3v) is 6.43. The highest BCUT2D eigenvalue weighted by Crippen LogP contribution is 2.43. The summed E-state index contributed by atoms with van der Waals surface area (Å²) in [6, 6.07) is 15.3. The van der Waals surface area contributed by atoms with Crippen molar-refractivity contribution in [2.45, 2.75) is 19.8 Å². The number of carbonyl (C=O) groups is 2. The number of esters is 2. The fourth-order valence-corrected chi connectivity index (χ4v) is 4.58. The molecule has 0 saturated carbocycles. The molecule has 9 nitrogen and oxygen atoms in total. The summed E-state index contributed by atoms with van der Waals surface area (Å²) in [5.41, 5.74) is 3.91. The summed E-state index contributed by atoms with van der Waals surface area (Å²) < 4.78 is 36.7. The number of nitrogens with one attached hydrogen (secondary N) is 1.